The first-order chi connectivity index (χ1) is 20.0. The van der Waals surface area contributed by atoms with Gasteiger partial charge in [-0.15, -0.1) is 6.42 Å². The topological polar surface area (TPSA) is 49.7 Å². The van der Waals surface area contributed by atoms with Gasteiger partial charge in [0.15, 0.2) is 0 Å². The van der Waals surface area contributed by atoms with Gasteiger partial charge in [-0.3, -0.25) is 19.5 Å². The van der Waals surface area contributed by atoms with Gasteiger partial charge in [-0.25, -0.2) is 0 Å². The van der Waals surface area contributed by atoms with Crippen LogP contribution < -0.4 is 0 Å². The van der Waals surface area contributed by atoms with Crippen molar-refractivity contribution < 1.29 is 9.59 Å². The molecule has 3 aromatic rings. The highest BCUT2D eigenvalue weighted by atomic mass is 16.2. The Labute approximate surface area is 245 Å². The lowest BCUT2D eigenvalue weighted by molar-refractivity contribution is -0.133. The van der Waals surface area contributed by atoms with Crippen LogP contribution in [0, 0.1) is 12.3 Å². The number of hydrogen-bond donors (Lipinski definition) is 0. The van der Waals surface area contributed by atoms with Crippen LogP contribution in [0.15, 0.2) is 65.7 Å². The third kappa shape index (κ3) is 6.20. The highest BCUT2D eigenvalue weighted by molar-refractivity contribution is 6.17. The zero-order valence-electron chi connectivity index (χ0n) is 25.0. The lowest BCUT2D eigenvalue weighted by Gasteiger charge is -2.37. The molecule has 0 bridgehead atoms. The second kappa shape index (κ2) is 14.1. The number of fused-ring (bicyclic) bond motifs is 2. The second-order valence-corrected chi connectivity index (χ2v) is 10.9. The quantitative estimate of drug-likeness (QED) is 0.0986. The number of hydrogen-bond acceptors (Lipinski definition) is 3. The SMILES string of the molecule is C#C/C=C(\C=N/C)c1ccc(-c2ccc3c(c2)C(CCCC)C(=O)N(C(CC)CCCCC)C3=O)c2ccccc12. The Kier molecular flexibility index (Phi) is 10.3. The molecule has 0 aromatic heterocycles. The minimum absolute atomic E-state index is 0.0282. The van der Waals surface area contributed by atoms with Crippen molar-refractivity contribution in [1.82, 2.24) is 4.90 Å². The molecule has 1 heterocycles. The van der Waals surface area contributed by atoms with Crippen LogP contribution in [0.5, 0.6) is 0 Å². The van der Waals surface area contributed by atoms with Crippen molar-refractivity contribution in [3.8, 4) is 23.5 Å². The summed E-state index contributed by atoms with van der Waals surface area (Å²) in [5.41, 5.74) is 5.49. The molecule has 212 valence electrons. The van der Waals surface area contributed by atoms with Crippen molar-refractivity contribution in [3.05, 3.63) is 77.4 Å². The number of carbonyl (C=O) groups is 2. The van der Waals surface area contributed by atoms with Gasteiger partial charge in [0, 0.05) is 30.4 Å². The molecular formula is C37H42N2O2. The predicted molar refractivity (Wildman–Crippen MR) is 172 cm³/mol. The molecule has 4 rings (SSSR count). The molecule has 0 N–H and O–H groups in total. The summed E-state index contributed by atoms with van der Waals surface area (Å²) in [7, 11) is 1.74. The molecule has 0 saturated carbocycles. The second-order valence-electron chi connectivity index (χ2n) is 10.9. The highest BCUT2D eigenvalue weighted by Gasteiger charge is 2.41. The molecule has 4 nitrogen and oxygen atoms in total. The lowest BCUT2D eigenvalue weighted by Crippen LogP contribution is -2.50. The van der Waals surface area contributed by atoms with Crippen LogP contribution >= 0.6 is 0 Å². The lowest BCUT2D eigenvalue weighted by atomic mass is 9.81. The van der Waals surface area contributed by atoms with E-state index in [-0.39, 0.29) is 23.8 Å². The summed E-state index contributed by atoms with van der Waals surface area (Å²) in [6.07, 6.45) is 16.7. The molecule has 0 aliphatic carbocycles. The van der Waals surface area contributed by atoms with Gasteiger partial charge in [0.05, 0.1) is 5.92 Å². The Morgan fingerprint density at radius 3 is 2.39 bits per heavy atom. The van der Waals surface area contributed by atoms with Gasteiger partial charge in [-0.05, 0) is 70.5 Å². The van der Waals surface area contributed by atoms with Crippen molar-refractivity contribution in [3.63, 3.8) is 0 Å². The molecule has 2 unspecified atom stereocenters. The van der Waals surface area contributed by atoms with Crippen LogP contribution in [0.25, 0.3) is 27.5 Å². The summed E-state index contributed by atoms with van der Waals surface area (Å²) in [6, 6.07) is 18.5. The summed E-state index contributed by atoms with van der Waals surface area (Å²) in [5.74, 6) is 2.16. The fourth-order valence-electron chi connectivity index (χ4n) is 6.14. The minimum atomic E-state index is -0.306. The maximum atomic E-state index is 14.0. The van der Waals surface area contributed by atoms with E-state index >= 15 is 0 Å². The van der Waals surface area contributed by atoms with Gasteiger partial charge in [-0.2, -0.15) is 0 Å². The third-order valence-electron chi connectivity index (χ3n) is 8.29. The molecule has 1 aliphatic heterocycles. The third-order valence-corrected chi connectivity index (χ3v) is 8.29. The minimum Gasteiger partial charge on any atom is -0.296 e. The highest BCUT2D eigenvalue weighted by Crippen LogP contribution is 2.40. The van der Waals surface area contributed by atoms with Crippen LogP contribution in [-0.2, 0) is 4.79 Å². The molecule has 0 spiro atoms. The molecular weight excluding hydrogens is 504 g/mol. The Hall–Kier alpha value is -3.97. The number of terminal acetylenes is 1. The van der Waals surface area contributed by atoms with Gasteiger partial charge in [0.1, 0.15) is 0 Å². The molecule has 0 radical (unpaired) electrons. The summed E-state index contributed by atoms with van der Waals surface area (Å²) >= 11 is 0. The summed E-state index contributed by atoms with van der Waals surface area (Å²) in [6.45, 7) is 6.41. The average Bonchev–Trinajstić information content (AvgIpc) is 2.99. The first-order valence-corrected chi connectivity index (χ1v) is 15.1. The van der Waals surface area contributed by atoms with Crippen molar-refractivity contribution in [2.45, 2.75) is 84.1 Å². The molecule has 2 amide bonds. The smallest absolute Gasteiger partial charge is 0.261 e. The van der Waals surface area contributed by atoms with Crippen LogP contribution in [0.2, 0.25) is 0 Å². The van der Waals surface area contributed by atoms with Gasteiger partial charge < -0.3 is 0 Å². The maximum absolute atomic E-state index is 14.0. The Morgan fingerprint density at radius 2 is 1.71 bits per heavy atom. The summed E-state index contributed by atoms with van der Waals surface area (Å²) in [4.78, 5) is 33.7. The number of carbonyl (C=O) groups excluding carboxylic acids is 2. The first-order valence-electron chi connectivity index (χ1n) is 15.1. The van der Waals surface area contributed by atoms with E-state index in [4.69, 9.17) is 6.42 Å². The molecule has 2 atom stereocenters. The number of nitrogens with zero attached hydrogens (tertiary/aromatic N) is 2. The van der Waals surface area contributed by atoms with E-state index in [0.717, 1.165) is 90.0 Å². The number of aliphatic imine (C=N–C) groups is 1. The van der Waals surface area contributed by atoms with E-state index in [9.17, 15) is 9.59 Å². The van der Waals surface area contributed by atoms with Crippen molar-refractivity contribution >= 4 is 34.4 Å². The van der Waals surface area contributed by atoms with Crippen molar-refractivity contribution in [2.75, 3.05) is 7.05 Å². The molecule has 4 heteroatoms. The van der Waals surface area contributed by atoms with Gasteiger partial charge in [0.25, 0.3) is 5.91 Å². The largest absolute Gasteiger partial charge is 0.296 e. The number of benzene rings is 3. The number of imide groups is 1. The summed E-state index contributed by atoms with van der Waals surface area (Å²) < 4.78 is 0. The van der Waals surface area contributed by atoms with Crippen LogP contribution in [0.1, 0.15) is 99.5 Å². The van der Waals surface area contributed by atoms with Crippen molar-refractivity contribution in [1.29, 1.82) is 0 Å². The fraction of sp³-hybridized carbons (Fsp3) is 0.378. The monoisotopic (exact) mass is 546 g/mol. The van der Waals surface area contributed by atoms with Gasteiger partial charge >= 0.3 is 0 Å². The van der Waals surface area contributed by atoms with Crippen LogP contribution in [-0.4, -0.2) is 36.0 Å². The van der Waals surface area contributed by atoms with Gasteiger partial charge in [-0.1, -0.05) is 101 Å². The molecule has 0 saturated heterocycles. The normalized spacial score (nSPS) is 16.3. The number of unbranched alkanes of at least 4 members (excludes halogenated alkanes) is 3. The molecule has 3 aromatic carbocycles. The van der Waals surface area contributed by atoms with E-state index in [0.29, 0.717) is 5.56 Å². The zero-order chi connectivity index (χ0) is 29.4. The summed E-state index contributed by atoms with van der Waals surface area (Å²) in [5, 5.41) is 2.15. The Bertz CT molecular complexity index is 1510. The Morgan fingerprint density at radius 1 is 0.976 bits per heavy atom. The number of amides is 2. The van der Waals surface area contributed by atoms with Gasteiger partial charge in [0.2, 0.25) is 5.91 Å². The van der Waals surface area contributed by atoms with E-state index in [1.165, 1.54) is 0 Å². The van der Waals surface area contributed by atoms with Crippen LogP contribution in [0.4, 0.5) is 0 Å². The van der Waals surface area contributed by atoms with Crippen LogP contribution in [0.3, 0.4) is 0 Å². The molecule has 1 aliphatic rings. The number of allylic oxidation sites excluding steroid dienone is 2. The fourth-order valence-corrected chi connectivity index (χ4v) is 6.14. The first kappa shape index (κ1) is 30.0. The van der Waals surface area contributed by atoms with E-state index in [2.05, 4.69) is 62.0 Å². The average molecular weight is 547 g/mol. The molecule has 41 heavy (non-hydrogen) atoms. The predicted octanol–water partition coefficient (Wildman–Crippen LogP) is 8.84. The maximum Gasteiger partial charge on any atom is 0.261 e. The zero-order valence-corrected chi connectivity index (χ0v) is 25.0. The van der Waals surface area contributed by atoms with E-state index in [1.807, 2.05) is 24.3 Å². The standard InChI is InChI=1S/C37H42N2O2/c1-6-10-12-16-28(9-4)39-36(40)33(17-11-7-2)35-24-26(20-21-34(35)37(39)41)29-22-23-30(27(15-8-3)25-38-5)32-19-14-13-18-31(29)32/h3,13-15,18-25,28,33H,6-7,9-12,16-17H2,1-2,4-5H3/b27-15+,38-25-. The van der Waals surface area contributed by atoms with Crippen molar-refractivity contribution in [2.24, 2.45) is 4.99 Å². The van der Waals surface area contributed by atoms with E-state index in [1.54, 1.807) is 24.2 Å². The molecule has 0 fully saturated rings. The Balaban J connectivity index is 1.83. The van der Waals surface area contributed by atoms with E-state index < -0.39 is 0 Å². The number of rotatable bonds is 12.